The second-order valence-electron chi connectivity index (χ2n) is 5.81. The first-order valence-electron chi connectivity index (χ1n) is 8.72. The highest BCUT2D eigenvalue weighted by Crippen LogP contribution is 2.28. The van der Waals surface area contributed by atoms with Gasteiger partial charge in [0.05, 0.1) is 13.2 Å². The molecular weight excluding hydrogens is 350 g/mol. The number of amides is 1. The Balaban J connectivity index is 1.58. The first kappa shape index (κ1) is 18.3. The van der Waals surface area contributed by atoms with E-state index in [1.165, 1.54) is 4.88 Å². The molecule has 138 valence electrons. The van der Waals surface area contributed by atoms with Crippen molar-refractivity contribution < 1.29 is 14.3 Å². The van der Waals surface area contributed by atoms with Crippen molar-refractivity contribution >= 4 is 22.2 Å². The van der Waals surface area contributed by atoms with Crippen LogP contribution in [0.3, 0.4) is 0 Å². The van der Waals surface area contributed by atoms with Gasteiger partial charge < -0.3 is 14.8 Å². The number of hydrogen-bond acceptors (Lipinski definition) is 5. The van der Waals surface area contributed by atoms with Crippen LogP contribution in [0.15, 0.2) is 30.6 Å². The van der Waals surface area contributed by atoms with Crippen LogP contribution in [-0.4, -0.2) is 35.1 Å². The maximum atomic E-state index is 12.3. The quantitative estimate of drug-likeness (QED) is 0.657. The number of ether oxygens (including phenoxy) is 2. The van der Waals surface area contributed by atoms with E-state index >= 15 is 0 Å². The van der Waals surface area contributed by atoms with Crippen molar-refractivity contribution in [3.05, 3.63) is 46.7 Å². The van der Waals surface area contributed by atoms with Gasteiger partial charge in [-0.1, -0.05) is 6.07 Å². The fourth-order valence-corrected chi connectivity index (χ4v) is 3.49. The largest absolute Gasteiger partial charge is 0.490 e. The van der Waals surface area contributed by atoms with Gasteiger partial charge in [0.2, 0.25) is 0 Å². The van der Waals surface area contributed by atoms with E-state index in [1.54, 1.807) is 17.5 Å². The Morgan fingerprint density at radius 3 is 2.69 bits per heavy atom. The molecule has 0 radical (unpaired) electrons. The zero-order chi connectivity index (χ0) is 18.5. The Morgan fingerprint density at radius 1 is 1.19 bits per heavy atom. The zero-order valence-corrected chi connectivity index (χ0v) is 16.1. The molecule has 0 unspecified atom stereocenters. The number of carbonyl (C=O) groups excluding carboxylic acids is 1. The number of imidazole rings is 1. The second-order valence-corrected chi connectivity index (χ2v) is 7.02. The van der Waals surface area contributed by atoms with Crippen molar-refractivity contribution in [3.63, 3.8) is 0 Å². The molecule has 6 nitrogen and oxygen atoms in total. The molecule has 3 aromatic rings. The lowest BCUT2D eigenvalue weighted by Gasteiger charge is -2.12. The van der Waals surface area contributed by atoms with Gasteiger partial charge in [0.25, 0.3) is 5.91 Å². The maximum Gasteiger partial charge on any atom is 0.271 e. The van der Waals surface area contributed by atoms with Crippen LogP contribution in [-0.2, 0) is 6.42 Å². The number of aromatic nitrogens is 2. The molecule has 0 saturated heterocycles. The van der Waals surface area contributed by atoms with Gasteiger partial charge in [0.1, 0.15) is 5.69 Å². The molecule has 3 rings (SSSR count). The van der Waals surface area contributed by atoms with Crippen LogP contribution in [0.5, 0.6) is 11.5 Å². The molecule has 26 heavy (non-hydrogen) atoms. The monoisotopic (exact) mass is 373 g/mol. The first-order valence-corrected chi connectivity index (χ1v) is 9.54. The summed E-state index contributed by atoms with van der Waals surface area (Å²) in [5.41, 5.74) is 1.52. The van der Waals surface area contributed by atoms with E-state index in [9.17, 15) is 4.79 Å². The number of hydrogen-bond donors (Lipinski definition) is 1. The minimum absolute atomic E-state index is 0.158. The van der Waals surface area contributed by atoms with Crippen LogP contribution in [0, 0.1) is 6.92 Å². The second kappa shape index (κ2) is 8.23. The van der Waals surface area contributed by atoms with Crippen LogP contribution >= 0.6 is 11.3 Å². The van der Waals surface area contributed by atoms with Crippen molar-refractivity contribution in [2.75, 3.05) is 19.8 Å². The Hall–Kier alpha value is -2.54. The van der Waals surface area contributed by atoms with Crippen molar-refractivity contribution in [1.82, 2.24) is 14.7 Å². The summed E-state index contributed by atoms with van der Waals surface area (Å²) in [4.78, 5) is 18.6. The normalized spacial score (nSPS) is 10.9. The van der Waals surface area contributed by atoms with E-state index in [2.05, 4.69) is 10.3 Å². The van der Waals surface area contributed by atoms with E-state index in [0.717, 1.165) is 22.0 Å². The number of benzene rings is 1. The third-order valence-electron chi connectivity index (χ3n) is 3.81. The maximum absolute atomic E-state index is 12.3. The van der Waals surface area contributed by atoms with Crippen LogP contribution < -0.4 is 14.8 Å². The summed E-state index contributed by atoms with van der Waals surface area (Å²) in [5, 5.41) is 2.92. The van der Waals surface area contributed by atoms with Gasteiger partial charge in [0.15, 0.2) is 16.5 Å². The van der Waals surface area contributed by atoms with Gasteiger partial charge >= 0.3 is 0 Å². The summed E-state index contributed by atoms with van der Waals surface area (Å²) in [6.45, 7) is 7.61. The minimum atomic E-state index is -0.158. The Morgan fingerprint density at radius 2 is 1.96 bits per heavy atom. The highest BCUT2D eigenvalue weighted by molar-refractivity contribution is 7.17. The van der Waals surface area contributed by atoms with Crippen LogP contribution in [0.1, 0.15) is 34.8 Å². The predicted molar refractivity (Wildman–Crippen MR) is 103 cm³/mol. The predicted octanol–water partition coefficient (Wildman–Crippen LogP) is 3.47. The third-order valence-corrected chi connectivity index (χ3v) is 4.72. The topological polar surface area (TPSA) is 64.9 Å². The molecule has 0 saturated carbocycles. The number of nitrogens with zero attached hydrogens (tertiary/aromatic N) is 2. The van der Waals surface area contributed by atoms with Gasteiger partial charge in [-0.05, 0) is 44.9 Å². The zero-order valence-electron chi connectivity index (χ0n) is 15.2. The highest BCUT2D eigenvalue weighted by Gasteiger charge is 2.12. The molecule has 2 heterocycles. The smallest absolute Gasteiger partial charge is 0.271 e. The molecule has 1 aromatic carbocycles. The van der Waals surface area contributed by atoms with E-state index in [-0.39, 0.29) is 5.91 Å². The third kappa shape index (κ3) is 4.16. The van der Waals surface area contributed by atoms with Crippen LogP contribution in [0.4, 0.5) is 0 Å². The lowest BCUT2D eigenvalue weighted by molar-refractivity contribution is 0.0950. The summed E-state index contributed by atoms with van der Waals surface area (Å²) < 4.78 is 13.1. The molecule has 0 atom stereocenters. The molecule has 1 N–H and O–H groups in total. The number of aryl methyl sites for hydroxylation is 1. The SMILES string of the molecule is CCOc1ccc(CCNC(=O)c2cn3cc(C)sc3n2)cc1OCC. The Kier molecular flexibility index (Phi) is 5.78. The molecule has 1 amide bonds. The molecule has 2 aromatic heterocycles. The molecule has 0 aliphatic heterocycles. The number of carbonyl (C=O) groups is 1. The van der Waals surface area contributed by atoms with Gasteiger partial charge in [-0.2, -0.15) is 0 Å². The highest BCUT2D eigenvalue weighted by atomic mass is 32.1. The minimum Gasteiger partial charge on any atom is -0.490 e. The summed E-state index contributed by atoms with van der Waals surface area (Å²) in [6.07, 6.45) is 4.44. The molecule has 0 bridgehead atoms. The summed E-state index contributed by atoms with van der Waals surface area (Å²) >= 11 is 1.57. The van der Waals surface area contributed by atoms with Crippen molar-refractivity contribution in [2.45, 2.75) is 27.2 Å². The van der Waals surface area contributed by atoms with Gasteiger partial charge in [0, 0.05) is 23.8 Å². The Bertz CT molecular complexity index is 869. The lowest BCUT2D eigenvalue weighted by Crippen LogP contribution is -2.26. The first-order chi connectivity index (χ1) is 12.6. The molecular formula is C19H23N3O3S. The van der Waals surface area contributed by atoms with Gasteiger partial charge in [-0.3, -0.25) is 9.20 Å². The van der Waals surface area contributed by atoms with E-state index in [4.69, 9.17) is 9.47 Å². The number of fused-ring (bicyclic) bond motifs is 1. The van der Waals surface area contributed by atoms with Gasteiger partial charge in [-0.15, -0.1) is 11.3 Å². The lowest BCUT2D eigenvalue weighted by atomic mass is 10.1. The number of nitrogens with one attached hydrogen (secondary N) is 1. The number of rotatable bonds is 8. The molecule has 7 heteroatoms. The molecule has 0 fully saturated rings. The standard InChI is InChI=1S/C19H23N3O3S/c1-4-24-16-7-6-14(10-17(16)25-5-2)8-9-20-18(23)15-12-22-11-13(3)26-19(22)21-15/h6-7,10-12H,4-5,8-9H2,1-3H3,(H,20,23). The average molecular weight is 373 g/mol. The van der Waals surface area contributed by atoms with Crippen LogP contribution in [0.2, 0.25) is 0 Å². The van der Waals surface area contributed by atoms with E-state index in [0.29, 0.717) is 31.9 Å². The summed E-state index contributed by atoms with van der Waals surface area (Å²) in [6, 6.07) is 5.88. The fraction of sp³-hybridized carbons (Fsp3) is 0.368. The fourth-order valence-electron chi connectivity index (χ4n) is 2.68. The Labute approximate surface area is 156 Å². The molecule has 0 spiro atoms. The van der Waals surface area contributed by atoms with Gasteiger partial charge in [-0.25, -0.2) is 4.98 Å². The number of thiazole rings is 1. The summed E-state index contributed by atoms with van der Waals surface area (Å²) in [5.74, 6) is 1.33. The van der Waals surface area contributed by atoms with Crippen molar-refractivity contribution in [3.8, 4) is 11.5 Å². The van der Waals surface area contributed by atoms with Crippen molar-refractivity contribution in [2.24, 2.45) is 0 Å². The van der Waals surface area contributed by atoms with E-state index in [1.807, 2.05) is 49.6 Å². The average Bonchev–Trinajstić information content (AvgIpc) is 3.15. The van der Waals surface area contributed by atoms with E-state index < -0.39 is 0 Å². The molecule has 0 aliphatic rings. The van der Waals surface area contributed by atoms with Crippen molar-refractivity contribution in [1.29, 1.82) is 0 Å². The van der Waals surface area contributed by atoms with Crippen LogP contribution in [0.25, 0.3) is 4.96 Å². The molecule has 0 aliphatic carbocycles. The summed E-state index contributed by atoms with van der Waals surface area (Å²) in [7, 11) is 0.